The average Bonchev–Trinajstić information content (AvgIpc) is 3.03. The van der Waals surface area contributed by atoms with Gasteiger partial charge in [0, 0.05) is 17.5 Å². The van der Waals surface area contributed by atoms with Crippen LogP contribution in [0, 0.1) is 0 Å². The molecular formula is C35H32O6. The molecule has 6 nitrogen and oxygen atoms in total. The highest BCUT2D eigenvalue weighted by atomic mass is 16.5. The lowest BCUT2D eigenvalue weighted by atomic mass is 10.1. The maximum absolute atomic E-state index is 12.3. The SMILES string of the molecule is COc1ccc(C(=O)/C=C/c2ccc(OCCCOc3ccc(/C=C/C(=O)c4ccc(OC)cc4)cc3)cc2)cc1. The zero-order valence-corrected chi connectivity index (χ0v) is 23.1. The molecule has 0 atom stereocenters. The van der Waals surface area contributed by atoms with Crippen molar-refractivity contribution in [2.24, 2.45) is 0 Å². The van der Waals surface area contributed by atoms with Gasteiger partial charge >= 0.3 is 0 Å². The molecular weight excluding hydrogens is 516 g/mol. The molecule has 0 amide bonds. The van der Waals surface area contributed by atoms with Crippen LogP contribution in [0.2, 0.25) is 0 Å². The Morgan fingerprint density at radius 2 is 0.854 bits per heavy atom. The summed E-state index contributed by atoms with van der Waals surface area (Å²) in [5, 5.41) is 0. The van der Waals surface area contributed by atoms with E-state index in [1.807, 2.05) is 48.5 Å². The standard InChI is InChI=1S/C35H32O6/c1-38-30-18-10-28(11-19-30)34(36)22-8-26-4-14-32(15-5-26)40-24-3-25-41-33-16-6-27(7-17-33)9-23-35(37)29-12-20-31(39-2)21-13-29/h4-23H,3,24-25H2,1-2H3/b22-8+,23-9+. The third-order valence-electron chi connectivity index (χ3n) is 6.19. The molecule has 0 aliphatic carbocycles. The number of methoxy groups -OCH3 is 2. The Morgan fingerprint density at radius 3 is 1.20 bits per heavy atom. The molecule has 0 heterocycles. The Labute approximate surface area is 240 Å². The monoisotopic (exact) mass is 548 g/mol. The number of hydrogen-bond donors (Lipinski definition) is 0. The molecule has 0 unspecified atom stereocenters. The van der Waals surface area contributed by atoms with Gasteiger partial charge in [0.2, 0.25) is 0 Å². The van der Waals surface area contributed by atoms with Crippen LogP contribution in [-0.4, -0.2) is 39.0 Å². The molecule has 0 fully saturated rings. The van der Waals surface area contributed by atoms with Gasteiger partial charge in [-0.2, -0.15) is 0 Å². The highest BCUT2D eigenvalue weighted by Gasteiger charge is 2.04. The first-order valence-corrected chi connectivity index (χ1v) is 13.2. The first kappa shape index (κ1) is 28.9. The number of rotatable bonds is 14. The zero-order valence-electron chi connectivity index (χ0n) is 23.1. The van der Waals surface area contributed by atoms with Gasteiger partial charge in [0.15, 0.2) is 11.6 Å². The molecule has 0 saturated carbocycles. The van der Waals surface area contributed by atoms with Crippen LogP contribution in [0.4, 0.5) is 0 Å². The second-order valence-corrected chi connectivity index (χ2v) is 9.04. The molecule has 6 heteroatoms. The van der Waals surface area contributed by atoms with Crippen molar-refractivity contribution < 1.29 is 28.5 Å². The van der Waals surface area contributed by atoms with Gasteiger partial charge in [0.25, 0.3) is 0 Å². The van der Waals surface area contributed by atoms with Gasteiger partial charge < -0.3 is 18.9 Å². The van der Waals surface area contributed by atoms with Gasteiger partial charge in [-0.1, -0.05) is 36.4 Å². The number of ketones is 2. The molecule has 0 bridgehead atoms. The Hall–Kier alpha value is -5.10. The van der Waals surface area contributed by atoms with Crippen LogP contribution in [0.5, 0.6) is 23.0 Å². The molecule has 0 spiro atoms. The smallest absolute Gasteiger partial charge is 0.185 e. The summed E-state index contributed by atoms with van der Waals surface area (Å²) in [5.74, 6) is 2.80. The first-order valence-electron chi connectivity index (χ1n) is 13.2. The molecule has 41 heavy (non-hydrogen) atoms. The average molecular weight is 549 g/mol. The van der Waals surface area contributed by atoms with E-state index in [0.717, 1.165) is 29.0 Å². The summed E-state index contributed by atoms with van der Waals surface area (Å²) in [7, 11) is 3.19. The lowest BCUT2D eigenvalue weighted by Crippen LogP contribution is -2.05. The minimum Gasteiger partial charge on any atom is -0.497 e. The molecule has 0 N–H and O–H groups in total. The predicted octanol–water partition coefficient (Wildman–Crippen LogP) is 7.34. The minimum absolute atomic E-state index is 0.0705. The lowest BCUT2D eigenvalue weighted by molar-refractivity contribution is 0.103. The maximum atomic E-state index is 12.3. The highest BCUT2D eigenvalue weighted by molar-refractivity contribution is 6.07. The van der Waals surface area contributed by atoms with Gasteiger partial charge in [-0.15, -0.1) is 0 Å². The molecule has 0 saturated heterocycles. The van der Waals surface area contributed by atoms with Crippen molar-refractivity contribution in [2.45, 2.75) is 6.42 Å². The molecule has 0 radical (unpaired) electrons. The summed E-state index contributed by atoms with van der Waals surface area (Å²) < 4.78 is 21.9. The summed E-state index contributed by atoms with van der Waals surface area (Å²) in [6.45, 7) is 1.03. The molecule has 4 aromatic rings. The fraction of sp³-hybridized carbons (Fsp3) is 0.143. The van der Waals surface area contributed by atoms with E-state index >= 15 is 0 Å². The van der Waals surface area contributed by atoms with Crippen LogP contribution in [0.3, 0.4) is 0 Å². The van der Waals surface area contributed by atoms with Gasteiger partial charge in [-0.05, 0) is 96.1 Å². The van der Waals surface area contributed by atoms with E-state index in [4.69, 9.17) is 18.9 Å². The van der Waals surface area contributed by atoms with Crippen molar-refractivity contribution in [3.05, 3.63) is 131 Å². The van der Waals surface area contributed by atoms with E-state index in [-0.39, 0.29) is 11.6 Å². The van der Waals surface area contributed by atoms with Crippen LogP contribution in [0.15, 0.2) is 109 Å². The quantitative estimate of drug-likeness (QED) is 0.0933. The largest absolute Gasteiger partial charge is 0.497 e. The number of ether oxygens (including phenoxy) is 4. The van der Waals surface area contributed by atoms with Crippen molar-refractivity contribution in [3.8, 4) is 23.0 Å². The number of benzene rings is 4. The molecule has 4 aromatic carbocycles. The van der Waals surface area contributed by atoms with E-state index in [1.165, 1.54) is 0 Å². The van der Waals surface area contributed by atoms with Crippen LogP contribution >= 0.6 is 0 Å². The normalized spacial score (nSPS) is 11.0. The first-order chi connectivity index (χ1) is 20.0. The van der Waals surface area contributed by atoms with Gasteiger partial charge in [0.1, 0.15) is 23.0 Å². The minimum atomic E-state index is -0.0705. The van der Waals surface area contributed by atoms with Gasteiger partial charge in [0.05, 0.1) is 27.4 Å². The molecule has 0 aliphatic heterocycles. The molecule has 208 valence electrons. The van der Waals surface area contributed by atoms with Crippen LogP contribution in [0.1, 0.15) is 38.3 Å². The summed E-state index contributed by atoms with van der Waals surface area (Å²) in [6.07, 6.45) is 7.39. The molecule has 0 aliphatic rings. The maximum Gasteiger partial charge on any atom is 0.185 e. The third-order valence-corrected chi connectivity index (χ3v) is 6.19. The van der Waals surface area contributed by atoms with Crippen molar-refractivity contribution in [3.63, 3.8) is 0 Å². The lowest BCUT2D eigenvalue weighted by Gasteiger charge is -2.08. The second-order valence-electron chi connectivity index (χ2n) is 9.04. The number of carbonyl (C=O) groups is 2. The van der Waals surface area contributed by atoms with Crippen molar-refractivity contribution in [1.82, 2.24) is 0 Å². The Bertz CT molecular complexity index is 1350. The third kappa shape index (κ3) is 8.97. The summed E-state index contributed by atoms with van der Waals surface area (Å²) >= 11 is 0. The number of allylic oxidation sites excluding steroid dienone is 2. The van der Waals surface area contributed by atoms with Gasteiger partial charge in [-0.3, -0.25) is 9.59 Å². The van der Waals surface area contributed by atoms with E-state index in [2.05, 4.69) is 0 Å². The van der Waals surface area contributed by atoms with Gasteiger partial charge in [-0.25, -0.2) is 0 Å². The second kappa shape index (κ2) is 14.9. The molecule has 4 rings (SSSR count). The van der Waals surface area contributed by atoms with Crippen LogP contribution in [0.25, 0.3) is 12.2 Å². The Morgan fingerprint density at radius 1 is 0.512 bits per heavy atom. The fourth-order valence-electron chi connectivity index (χ4n) is 3.84. The summed E-state index contributed by atoms with van der Waals surface area (Å²) in [4.78, 5) is 24.7. The Kier molecular flexibility index (Phi) is 10.5. The topological polar surface area (TPSA) is 71.1 Å². The van der Waals surface area contributed by atoms with E-state index < -0.39 is 0 Å². The number of carbonyl (C=O) groups excluding carboxylic acids is 2. The van der Waals surface area contributed by atoms with Crippen molar-refractivity contribution in [1.29, 1.82) is 0 Å². The van der Waals surface area contributed by atoms with Crippen molar-refractivity contribution >= 4 is 23.7 Å². The van der Waals surface area contributed by atoms with Crippen LogP contribution < -0.4 is 18.9 Å². The summed E-state index contributed by atoms with van der Waals surface area (Å²) in [6, 6.07) is 29.2. The van der Waals surface area contributed by atoms with E-state index in [9.17, 15) is 9.59 Å². The zero-order chi connectivity index (χ0) is 28.9. The number of hydrogen-bond acceptors (Lipinski definition) is 6. The summed E-state index contributed by atoms with van der Waals surface area (Å²) in [5.41, 5.74) is 3.03. The van der Waals surface area contributed by atoms with Crippen LogP contribution in [-0.2, 0) is 0 Å². The van der Waals surface area contributed by atoms with E-state index in [0.29, 0.717) is 35.8 Å². The fourth-order valence-corrected chi connectivity index (χ4v) is 3.84. The highest BCUT2D eigenvalue weighted by Crippen LogP contribution is 2.17. The predicted molar refractivity (Wildman–Crippen MR) is 161 cm³/mol. The van der Waals surface area contributed by atoms with Crippen molar-refractivity contribution in [2.75, 3.05) is 27.4 Å². The Balaban J connectivity index is 1.15. The van der Waals surface area contributed by atoms with E-state index in [1.54, 1.807) is 87.1 Å². The molecule has 0 aromatic heterocycles.